The van der Waals surface area contributed by atoms with E-state index in [4.69, 9.17) is 20.9 Å². The quantitative estimate of drug-likeness (QED) is 0.415. The van der Waals surface area contributed by atoms with Crippen LogP contribution in [-0.2, 0) is 11.2 Å². The van der Waals surface area contributed by atoms with Gasteiger partial charge in [0, 0.05) is 19.2 Å². The van der Waals surface area contributed by atoms with Gasteiger partial charge < -0.3 is 31.6 Å². The smallest absolute Gasteiger partial charge is 0.255 e. The van der Waals surface area contributed by atoms with Gasteiger partial charge in [-0.05, 0) is 80.8 Å². The van der Waals surface area contributed by atoms with Crippen LogP contribution in [0.15, 0.2) is 42.3 Å². The van der Waals surface area contributed by atoms with Crippen molar-refractivity contribution in [3.63, 3.8) is 0 Å². The van der Waals surface area contributed by atoms with Crippen molar-refractivity contribution >= 4 is 5.91 Å². The second-order valence-electron chi connectivity index (χ2n) is 8.12. The van der Waals surface area contributed by atoms with E-state index < -0.39 is 0 Å². The molecule has 1 fully saturated rings. The Hall–Kier alpha value is -2.77. The maximum Gasteiger partial charge on any atom is 0.255 e. The summed E-state index contributed by atoms with van der Waals surface area (Å²) in [5.41, 5.74) is 16.0. The Bertz CT molecular complexity index is 855. The lowest BCUT2D eigenvalue weighted by atomic mass is 9.93. The highest BCUT2D eigenvalue weighted by Crippen LogP contribution is 2.31. The molecule has 1 aliphatic rings. The average Bonchev–Trinajstić information content (AvgIpc) is 2.80. The van der Waals surface area contributed by atoms with Gasteiger partial charge in [0.05, 0.1) is 25.3 Å². The van der Waals surface area contributed by atoms with Crippen LogP contribution in [0, 0.1) is 13.8 Å². The van der Waals surface area contributed by atoms with Crippen molar-refractivity contribution in [1.29, 1.82) is 0 Å². The lowest BCUT2D eigenvalue weighted by Gasteiger charge is -2.24. The summed E-state index contributed by atoms with van der Waals surface area (Å²) < 4.78 is 11.1. The zero-order valence-corrected chi connectivity index (χ0v) is 19.7. The summed E-state index contributed by atoms with van der Waals surface area (Å²) in [5.74, 6) is 0.471. The molecule has 0 aliphatic carbocycles. The fourth-order valence-corrected chi connectivity index (χ4v) is 3.70. The third-order valence-electron chi connectivity index (χ3n) is 5.71. The standard InChI is InChI=1S/C25H38N4O3/c1-17(28-11-6-10-26)8-9-20(15-27)13-21-14-23(24(31-4)19(3)18(21)2)25(30)29-22-7-5-12-32-16-22/h6,8-9,11,14-15,17,22,28H,5,7,10,12-13,16,26-27H2,1-4H3,(H,29,30)/b9-8-,11-6-,20-15+. The summed E-state index contributed by atoms with van der Waals surface area (Å²) in [4.78, 5) is 13.1. The van der Waals surface area contributed by atoms with Gasteiger partial charge in [-0.15, -0.1) is 0 Å². The van der Waals surface area contributed by atoms with Crippen LogP contribution in [0.1, 0.15) is 46.8 Å². The third-order valence-corrected chi connectivity index (χ3v) is 5.71. The Balaban J connectivity index is 2.23. The van der Waals surface area contributed by atoms with Crippen molar-refractivity contribution in [3.8, 4) is 5.75 Å². The Morgan fingerprint density at radius 1 is 1.38 bits per heavy atom. The number of carbonyl (C=O) groups is 1. The maximum absolute atomic E-state index is 13.1. The molecule has 7 heteroatoms. The number of methoxy groups -OCH3 is 1. The Kier molecular flexibility index (Phi) is 10.3. The van der Waals surface area contributed by atoms with Crippen molar-refractivity contribution in [3.05, 3.63) is 64.5 Å². The summed E-state index contributed by atoms with van der Waals surface area (Å²) in [7, 11) is 1.60. The number of nitrogens with two attached hydrogens (primary N) is 2. The first-order valence-corrected chi connectivity index (χ1v) is 11.2. The molecule has 0 aromatic heterocycles. The third kappa shape index (κ3) is 7.14. The number of allylic oxidation sites excluding steroid dienone is 2. The molecule has 0 saturated carbocycles. The Morgan fingerprint density at radius 3 is 2.78 bits per heavy atom. The van der Waals surface area contributed by atoms with Crippen molar-refractivity contribution in [2.75, 3.05) is 26.9 Å². The van der Waals surface area contributed by atoms with Crippen LogP contribution in [0.25, 0.3) is 0 Å². The predicted molar refractivity (Wildman–Crippen MR) is 130 cm³/mol. The van der Waals surface area contributed by atoms with Crippen LogP contribution in [0.4, 0.5) is 0 Å². The molecule has 2 unspecified atom stereocenters. The van der Waals surface area contributed by atoms with Gasteiger partial charge in [-0.25, -0.2) is 0 Å². The first-order valence-electron chi connectivity index (χ1n) is 11.2. The number of rotatable bonds is 10. The summed E-state index contributed by atoms with van der Waals surface area (Å²) in [6, 6.07) is 2.07. The molecule has 0 radical (unpaired) electrons. The van der Waals surface area contributed by atoms with Crippen molar-refractivity contribution in [2.45, 2.75) is 52.1 Å². The lowest BCUT2D eigenvalue weighted by Crippen LogP contribution is -2.40. The van der Waals surface area contributed by atoms with Gasteiger partial charge in [0.1, 0.15) is 5.75 Å². The van der Waals surface area contributed by atoms with E-state index in [1.807, 2.05) is 51.3 Å². The molecule has 1 aliphatic heterocycles. The second-order valence-corrected chi connectivity index (χ2v) is 8.12. The predicted octanol–water partition coefficient (Wildman–Crippen LogP) is 2.61. The van der Waals surface area contributed by atoms with Gasteiger partial charge in [0.25, 0.3) is 5.91 Å². The molecule has 2 atom stereocenters. The molecule has 0 bridgehead atoms. The summed E-state index contributed by atoms with van der Waals surface area (Å²) >= 11 is 0. The Labute approximate surface area is 191 Å². The summed E-state index contributed by atoms with van der Waals surface area (Å²) in [6.07, 6.45) is 11.8. The molecule has 1 saturated heterocycles. The summed E-state index contributed by atoms with van der Waals surface area (Å²) in [5, 5.41) is 6.32. The van der Waals surface area contributed by atoms with Crippen LogP contribution in [-0.4, -0.2) is 44.9 Å². The molecule has 32 heavy (non-hydrogen) atoms. The molecular formula is C25H38N4O3. The van der Waals surface area contributed by atoms with E-state index >= 15 is 0 Å². The molecule has 6 N–H and O–H groups in total. The number of hydrogen-bond donors (Lipinski definition) is 4. The van der Waals surface area contributed by atoms with Crippen molar-refractivity contribution < 1.29 is 14.3 Å². The van der Waals surface area contributed by atoms with E-state index in [1.54, 1.807) is 13.3 Å². The van der Waals surface area contributed by atoms with Gasteiger partial charge in [-0.1, -0.05) is 18.2 Å². The topological polar surface area (TPSA) is 112 Å². The van der Waals surface area contributed by atoms with Crippen LogP contribution in [0.2, 0.25) is 0 Å². The van der Waals surface area contributed by atoms with Crippen molar-refractivity contribution in [1.82, 2.24) is 10.6 Å². The van der Waals surface area contributed by atoms with E-state index in [1.165, 1.54) is 0 Å². The first-order chi connectivity index (χ1) is 15.4. The molecule has 176 valence electrons. The molecule has 1 aromatic rings. The van der Waals surface area contributed by atoms with Crippen LogP contribution in [0.3, 0.4) is 0 Å². The van der Waals surface area contributed by atoms with Gasteiger partial charge in [-0.3, -0.25) is 4.79 Å². The number of benzene rings is 1. The fourth-order valence-electron chi connectivity index (χ4n) is 3.70. The molecule has 0 spiro atoms. The van der Waals surface area contributed by atoms with E-state index in [0.29, 0.717) is 30.9 Å². The fraction of sp³-hybridized carbons (Fsp3) is 0.480. The van der Waals surface area contributed by atoms with Gasteiger partial charge >= 0.3 is 0 Å². The van der Waals surface area contributed by atoms with E-state index in [0.717, 1.165) is 41.7 Å². The zero-order valence-electron chi connectivity index (χ0n) is 19.7. The highest BCUT2D eigenvalue weighted by molar-refractivity contribution is 5.98. The average molecular weight is 443 g/mol. The second kappa shape index (κ2) is 12.9. The van der Waals surface area contributed by atoms with Gasteiger partial charge in [0.2, 0.25) is 0 Å². The number of carbonyl (C=O) groups excluding carboxylic acids is 1. The van der Waals surface area contributed by atoms with Crippen molar-refractivity contribution in [2.24, 2.45) is 11.5 Å². The first kappa shape index (κ1) is 25.5. The minimum atomic E-state index is -0.139. The number of hydrogen-bond acceptors (Lipinski definition) is 6. The zero-order chi connectivity index (χ0) is 23.5. The number of nitrogens with one attached hydrogen (secondary N) is 2. The van der Waals surface area contributed by atoms with Crippen LogP contribution >= 0.6 is 0 Å². The molecule has 1 aromatic carbocycles. The van der Waals surface area contributed by atoms with Gasteiger partial charge in [-0.2, -0.15) is 0 Å². The van der Waals surface area contributed by atoms with E-state index in [2.05, 4.69) is 10.6 Å². The monoisotopic (exact) mass is 442 g/mol. The number of ether oxygens (including phenoxy) is 2. The highest BCUT2D eigenvalue weighted by Gasteiger charge is 2.22. The summed E-state index contributed by atoms with van der Waals surface area (Å²) in [6.45, 7) is 7.87. The normalized spacial score (nSPS) is 18.2. The van der Waals surface area contributed by atoms with E-state index in [9.17, 15) is 4.79 Å². The maximum atomic E-state index is 13.1. The van der Waals surface area contributed by atoms with Crippen LogP contribution in [0.5, 0.6) is 5.75 Å². The molecular weight excluding hydrogens is 404 g/mol. The molecule has 7 nitrogen and oxygen atoms in total. The van der Waals surface area contributed by atoms with E-state index in [-0.39, 0.29) is 18.0 Å². The minimum Gasteiger partial charge on any atom is -0.496 e. The lowest BCUT2D eigenvalue weighted by molar-refractivity contribution is 0.0623. The highest BCUT2D eigenvalue weighted by atomic mass is 16.5. The molecule has 2 rings (SSSR count). The van der Waals surface area contributed by atoms with Crippen LogP contribution < -0.4 is 26.8 Å². The molecule has 1 amide bonds. The minimum absolute atomic E-state index is 0.0238. The number of amides is 1. The largest absolute Gasteiger partial charge is 0.496 e. The molecule has 1 heterocycles. The Morgan fingerprint density at radius 2 is 2.16 bits per heavy atom. The SMILES string of the molecule is COc1c(C(=O)NC2CCCOC2)cc(CC(/C=C\C(C)N/C=C\CN)=C/N)c(C)c1C. The van der Waals surface area contributed by atoms with Gasteiger partial charge in [0.15, 0.2) is 0 Å².